The molecule has 138 valence electrons. The molecular weight excluding hydrogens is 344 g/mol. The van der Waals surface area contributed by atoms with E-state index in [4.69, 9.17) is 4.74 Å². The normalized spacial score (nSPS) is 20.7. The van der Waals surface area contributed by atoms with E-state index in [0.29, 0.717) is 32.8 Å². The van der Waals surface area contributed by atoms with E-state index in [-0.39, 0.29) is 43.1 Å². The van der Waals surface area contributed by atoms with Gasteiger partial charge in [0.1, 0.15) is 0 Å². The molecule has 0 bridgehead atoms. The largest absolute Gasteiger partial charge is 0.378 e. The third-order valence-corrected chi connectivity index (χ3v) is 4.55. The highest BCUT2D eigenvalue weighted by Gasteiger charge is 2.28. The lowest BCUT2D eigenvalue weighted by molar-refractivity contribution is -0.140. The molecule has 2 amide bonds. The zero-order valence-corrected chi connectivity index (χ0v) is 15.0. The minimum atomic E-state index is -0.0153. The topological polar surface area (TPSA) is 74.8 Å². The zero-order chi connectivity index (χ0) is 16.8. The van der Waals surface area contributed by atoms with Gasteiger partial charge < -0.3 is 19.9 Å². The summed E-state index contributed by atoms with van der Waals surface area (Å²) in [5.74, 6) is 0.0756. The van der Waals surface area contributed by atoms with Gasteiger partial charge >= 0.3 is 0 Å². The second-order valence-corrected chi connectivity index (χ2v) is 6.09. The number of nitrogens with zero attached hydrogens (tertiary/aromatic N) is 3. The number of pyridine rings is 1. The summed E-state index contributed by atoms with van der Waals surface area (Å²) < 4.78 is 5.25. The lowest BCUT2D eigenvalue weighted by Crippen LogP contribution is -2.49. The molecule has 3 rings (SSSR count). The quantitative estimate of drug-likeness (QED) is 0.843. The summed E-state index contributed by atoms with van der Waals surface area (Å²) in [5.41, 5.74) is 1.03. The Hall–Kier alpha value is -1.70. The van der Waals surface area contributed by atoms with Gasteiger partial charge in [0.25, 0.3) is 0 Å². The first-order valence-corrected chi connectivity index (χ1v) is 8.51. The lowest BCUT2D eigenvalue weighted by Gasteiger charge is -2.36. The van der Waals surface area contributed by atoms with Gasteiger partial charge in [0.05, 0.1) is 19.3 Å². The average molecular weight is 369 g/mol. The number of carbonyl (C=O) groups excluding carboxylic acids is 2. The minimum Gasteiger partial charge on any atom is -0.378 e. The van der Waals surface area contributed by atoms with Gasteiger partial charge in [0.15, 0.2) is 0 Å². The fourth-order valence-corrected chi connectivity index (χ4v) is 3.20. The molecule has 2 fully saturated rings. The van der Waals surface area contributed by atoms with E-state index >= 15 is 0 Å². The summed E-state index contributed by atoms with van der Waals surface area (Å²) >= 11 is 0. The van der Waals surface area contributed by atoms with E-state index in [1.807, 2.05) is 17.0 Å². The molecule has 25 heavy (non-hydrogen) atoms. The third kappa shape index (κ3) is 5.14. The van der Waals surface area contributed by atoms with Gasteiger partial charge in [-0.2, -0.15) is 0 Å². The van der Waals surface area contributed by atoms with Crippen LogP contribution in [0.2, 0.25) is 0 Å². The van der Waals surface area contributed by atoms with E-state index in [0.717, 1.165) is 18.7 Å². The summed E-state index contributed by atoms with van der Waals surface area (Å²) in [6.45, 7) is 4.57. The number of hydrogen-bond acceptors (Lipinski definition) is 5. The van der Waals surface area contributed by atoms with Crippen molar-refractivity contribution in [3.05, 3.63) is 30.1 Å². The predicted octanol–water partition coefficient (Wildman–Crippen LogP) is 0.615. The molecule has 3 heterocycles. The van der Waals surface area contributed by atoms with Gasteiger partial charge in [0, 0.05) is 58.0 Å². The first-order valence-electron chi connectivity index (χ1n) is 8.51. The molecule has 8 heteroatoms. The van der Waals surface area contributed by atoms with E-state index in [9.17, 15) is 9.59 Å². The van der Waals surface area contributed by atoms with Crippen molar-refractivity contribution in [2.75, 3.05) is 45.9 Å². The summed E-state index contributed by atoms with van der Waals surface area (Å²) in [7, 11) is 0. The molecule has 0 aliphatic carbocycles. The van der Waals surface area contributed by atoms with Crippen LogP contribution in [-0.2, 0) is 14.3 Å². The molecule has 2 aliphatic heterocycles. The number of hydrogen-bond donors (Lipinski definition) is 1. The first kappa shape index (κ1) is 19.6. The third-order valence-electron chi connectivity index (χ3n) is 4.55. The van der Waals surface area contributed by atoms with Crippen LogP contribution in [0.5, 0.6) is 0 Å². The Kier molecular flexibility index (Phi) is 7.61. The minimum absolute atomic E-state index is 0. The number of carbonyl (C=O) groups is 2. The van der Waals surface area contributed by atoms with E-state index in [2.05, 4.69) is 10.3 Å². The van der Waals surface area contributed by atoms with Crippen LogP contribution >= 0.6 is 12.4 Å². The Morgan fingerprint density at radius 3 is 2.68 bits per heavy atom. The molecule has 0 radical (unpaired) electrons. The SMILES string of the molecule is Cl.O=C(CCC(=O)N1CCNCC1c1cccnc1)N1CCOCC1. The number of morpholine rings is 1. The fourth-order valence-electron chi connectivity index (χ4n) is 3.20. The Morgan fingerprint density at radius 1 is 1.20 bits per heavy atom. The summed E-state index contributed by atoms with van der Waals surface area (Å²) in [6, 6.07) is 3.86. The molecule has 0 aromatic carbocycles. The molecule has 2 aliphatic rings. The number of aromatic nitrogens is 1. The number of ether oxygens (including phenoxy) is 1. The number of amides is 2. The predicted molar refractivity (Wildman–Crippen MR) is 95.4 cm³/mol. The van der Waals surface area contributed by atoms with Crippen LogP contribution in [0.1, 0.15) is 24.4 Å². The Labute approximate surface area is 154 Å². The van der Waals surface area contributed by atoms with Crippen LogP contribution in [-0.4, -0.2) is 72.5 Å². The molecule has 1 aromatic heterocycles. The zero-order valence-electron chi connectivity index (χ0n) is 14.2. The average Bonchev–Trinajstić information content (AvgIpc) is 2.67. The van der Waals surface area contributed by atoms with Crippen molar-refractivity contribution < 1.29 is 14.3 Å². The Balaban J connectivity index is 0.00000225. The molecular formula is C17H25ClN4O3. The van der Waals surface area contributed by atoms with Gasteiger partial charge in [0.2, 0.25) is 11.8 Å². The molecule has 2 saturated heterocycles. The standard InChI is InChI=1S/C17H24N4O3.ClH/c22-16(20-8-10-24-11-9-20)3-4-17(23)21-7-6-19-13-15(21)14-2-1-5-18-12-14;/h1-2,5,12,15,19H,3-4,6-11,13H2;1H. The molecule has 0 saturated carbocycles. The maximum absolute atomic E-state index is 12.7. The van der Waals surface area contributed by atoms with Crippen LogP contribution < -0.4 is 5.32 Å². The van der Waals surface area contributed by atoms with Crippen molar-refractivity contribution in [3.8, 4) is 0 Å². The van der Waals surface area contributed by atoms with Gasteiger partial charge in [-0.25, -0.2) is 0 Å². The maximum Gasteiger partial charge on any atom is 0.223 e. The van der Waals surface area contributed by atoms with Crippen molar-refractivity contribution in [1.82, 2.24) is 20.1 Å². The number of piperazine rings is 1. The van der Waals surface area contributed by atoms with Gasteiger partial charge in [-0.1, -0.05) is 6.07 Å². The smallest absolute Gasteiger partial charge is 0.223 e. The van der Waals surface area contributed by atoms with Crippen molar-refractivity contribution in [3.63, 3.8) is 0 Å². The van der Waals surface area contributed by atoms with Crippen molar-refractivity contribution in [2.24, 2.45) is 0 Å². The molecule has 1 N–H and O–H groups in total. The fraction of sp³-hybridized carbons (Fsp3) is 0.588. The Bertz CT molecular complexity index is 566. The van der Waals surface area contributed by atoms with Crippen molar-refractivity contribution >= 4 is 24.2 Å². The van der Waals surface area contributed by atoms with E-state index in [1.54, 1.807) is 17.3 Å². The molecule has 1 aromatic rings. The summed E-state index contributed by atoms with van der Waals surface area (Å²) in [4.78, 5) is 32.7. The van der Waals surface area contributed by atoms with Crippen LogP contribution in [0, 0.1) is 0 Å². The molecule has 0 spiro atoms. The summed E-state index contributed by atoms with van der Waals surface area (Å²) in [6.07, 6.45) is 4.05. The summed E-state index contributed by atoms with van der Waals surface area (Å²) in [5, 5.41) is 3.32. The molecule has 7 nitrogen and oxygen atoms in total. The molecule has 1 unspecified atom stereocenters. The highest BCUT2D eigenvalue weighted by molar-refractivity contribution is 5.85. The number of nitrogens with one attached hydrogen (secondary N) is 1. The maximum atomic E-state index is 12.7. The first-order chi connectivity index (χ1) is 11.8. The second-order valence-electron chi connectivity index (χ2n) is 6.09. The monoisotopic (exact) mass is 368 g/mol. The number of rotatable bonds is 4. The highest BCUT2D eigenvalue weighted by atomic mass is 35.5. The van der Waals surface area contributed by atoms with Gasteiger partial charge in [-0.3, -0.25) is 14.6 Å². The lowest BCUT2D eigenvalue weighted by atomic mass is 10.0. The van der Waals surface area contributed by atoms with Crippen LogP contribution in [0.3, 0.4) is 0 Å². The van der Waals surface area contributed by atoms with Gasteiger partial charge in [-0.05, 0) is 11.6 Å². The van der Waals surface area contributed by atoms with Gasteiger partial charge in [-0.15, -0.1) is 12.4 Å². The van der Waals surface area contributed by atoms with E-state index in [1.165, 1.54) is 0 Å². The second kappa shape index (κ2) is 9.70. The Morgan fingerprint density at radius 2 is 1.96 bits per heavy atom. The number of halogens is 1. The van der Waals surface area contributed by atoms with Crippen molar-refractivity contribution in [2.45, 2.75) is 18.9 Å². The van der Waals surface area contributed by atoms with Crippen LogP contribution in [0.25, 0.3) is 0 Å². The molecule has 1 atom stereocenters. The van der Waals surface area contributed by atoms with E-state index < -0.39 is 0 Å². The van der Waals surface area contributed by atoms with Crippen molar-refractivity contribution in [1.29, 1.82) is 0 Å². The van der Waals surface area contributed by atoms with Crippen LogP contribution in [0.4, 0.5) is 0 Å². The van der Waals surface area contributed by atoms with Crippen LogP contribution in [0.15, 0.2) is 24.5 Å². The highest BCUT2D eigenvalue weighted by Crippen LogP contribution is 2.22.